The van der Waals surface area contributed by atoms with Crippen LogP contribution in [0.4, 0.5) is 0 Å². The number of methoxy groups -OCH3 is 3. The third-order valence-corrected chi connectivity index (χ3v) is 6.09. The number of ether oxygens (including phenoxy) is 3. The van der Waals surface area contributed by atoms with Gasteiger partial charge in [-0.05, 0) is 18.4 Å². The minimum atomic E-state index is -0.625. The molecule has 10 heteroatoms. The normalized spacial score (nSPS) is 13.5. The van der Waals surface area contributed by atoms with Crippen molar-refractivity contribution in [2.24, 2.45) is 10.9 Å². The topological polar surface area (TPSA) is 132 Å². The Morgan fingerprint density at radius 2 is 1.73 bits per heavy atom. The summed E-state index contributed by atoms with van der Waals surface area (Å²) in [6.07, 6.45) is 4.07. The maximum absolute atomic E-state index is 13.2. The van der Waals surface area contributed by atoms with Crippen molar-refractivity contribution in [2.45, 2.75) is 26.7 Å². The highest BCUT2D eigenvalue weighted by Gasteiger charge is 2.30. The number of carbonyl (C=O) groups excluding carboxylic acids is 2. The Morgan fingerprint density at radius 1 is 1.05 bits per heavy atom. The second-order valence-electron chi connectivity index (χ2n) is 7.89. The van der Waals surface area contributed by atoms with Gasteiger partial charge in [0.2, 0.25) is 11.8 Å². The molecule has 0 bridgehead atoms. The number of ketones is 1. The SMILES string of the molecule is CC.CO/C(=N\N)C(=C1CCN(C(=O)C(=O)c2c[nH]c3c(OC)ncc(OC)c23)CC1)c1ccccc1. The number of nitrogens with one attached hydrogen (secondary N) is 1. The maximum Gasteiger partial charge on any atom is 0.295 e. The van der Waals surface area contributed by atoms with Crippen LogP contribution in [0.5, 0.6) is 11.6 Å². The van der Waals surface area contributed by atoms with Gasteiger partial charge in [-0.3, -0.25) is 9.59 Å². The first kappa shape index (κ1) is 27.3. The van der Waals surface area contributed by atoms with Gasteiger partial charge < -0.3 is 29.9 Å². The summed E-state index contributed by atoms with van der Waals surface area (Å²) in [6.45, 7) is 4.75. The van der Waals surface area contributed by atoms with Gasteiger partial charge in [-0.25, -0.2) is 4.98 Å². The largest absolute Gasteiger partial charge is 0.494 e. The fourth-order valence-electron chi connectivity index (χ4n) is 4.37. The van der Waals surface area contributed by atoms with E-state index < -0.39 is 11.7 Å². The highest BCUT2D eigenvalue weighted by molar-refractivity contribution is 6.45. The Bertz CT molecular complexity index is 1300. The van der Waals surface area contributed by atoms with E-state index in [2.05, 4.69) is 15.1 Å². The van der Waals surface area contributed by atoms with Crippen LogP contribution < -0.4 is 15.3 Å². The van der Waals surface area contributed by atoms with Gasteiger partial charge in [-0.1, -0.05) is 49.8 Å². The number of fused-ring (bicyclic) bond motifs is 1. The highest BCUT2D eigenvalue weighted by Crippen LogP contribution is 2.34. The second-order valence-corrected chi connectivity index (χ2v) is 7.89. The minimum absolute atomic E-state index is 0.214. The number of piperidine rings is 1. The average Bonchev–Trinajstić information content (AvgIpc) is 3.42. The number of likely N-dealkylation sites (tertiary alicyclic amines) is 1. The summed E-state index contributed by atoms with van der Waals surface area (Å²) < 4.78 is 16.1. The van der Waals surface area contributed by atoms with E-state index in [-0.39, 0.29) is 5.56 Å². The molecule has 0 aliphatic carbocycles. The van der Waals surface area contributed by atoms with Crippen molar-refractivity contribution in [3.05, 3.63) is 59.4 Å². The van der Waals surface area contributed by atoms with E-state index in [1.807, 2.05) is 44.2 Å². The van der Waals surface area contributed by atoms with Crippen molar-refractivity contribution in [1.29, 1.82) is 0 Å². The van der Waals surface area contributed by atoms with Crippen LogP contribution in [0.25, 0.3) is 16.5 Å². The van der Waals surface area contributed by atoms with Crippen LogP contribution in [0.3, 0.4) is 0 Å². The summed E-state index contributed by atoms with van der Waals surface area (Å²) in [7, 11) is 4.48. The van der Waals surface area contributed by atoms with Gasteiger partial charge in [-0.15, -0.1) is 5.10 Å². The number of hydrogen-bond donors (Lipinski definition) is 2. The van der Waals surface area contributed by atoms with Gasteiger partial charge in [0, 0.05) is 24.9 Å². The zero-order valence-corrected chi connectivity index (χ0v) is 21.8. The van der Waals surface area contributed by atoms with Crippen LogP contribution in [-0.2, 0) is 9.53 Å². The molecule has 0 unspecified atom stereocenters. The lowest BCUT2D eigenvalue weighted by Crippen LogP contribution is -2.41. The maximum atomic E-state index is 13.2. The van der Waals surface area contributed by atoms with Crippen LogP contribution in [0.15, 0.2) is 53.4 Å². The van der Waals surface area contributed by atoms with Gasteiger partial charge in [0.1, 0.15) is 11.3 Å². The van der Waals surface area contributed by atoms with E-state index in [0.29, 0.717) is 54.4 Å². The lowest BCUT2D eigenvalue weighted by atomic mass is 9.92. The predicted octanol–water partition coefficient (Wildman–Crippen LogP) is 3.78. The Balaban J connectivity index is 0.00000186. The van der Waals surface area contributed by atoms with E-state index in [0.717, 1.165) is 16.7 Å². The van der Waals surface area contributed by atoms with Crippen molar-refractivity contribution >= 4 is 34.1 Å². The van der Waals surface area contributed by atoms with Crippen LogP contribution in [0.2, 0.25) is 0 Å². The molecule has 1 saturated heterocycles. The Labute approximate surface area is 216 Å². The molecular formula is C27H33N5O5. The van der Waals surface area contributed by atoms with Crippen LogP contribution in [0, 0.1) is 0 Å². The molecule has 4 rings (SSSR count). The fourth-order valence-corrected chi connectivity index (χ4v) is 4.37. The lowest BCUT2D eigenvalue weighted by molar-refractivity contribution is -0.126. The third-order valence-electron chi connectivity index (χ3n) is 6.09. The molecule has 1 fully saturated rings. The summed E-state index contributed by atoms with van der Waals surface area (Å²) in [5.41, 5.74) is 3.51. The number of H-pyrrole nitrogens is 1. The molecule has 196 valence electrons. The molecule has 0 saturated carbocycles. The Kier molecular flexibility index (Phi) is 9.26. The van der Waals surface area contributed by atoms with Gasteiger partial charge in [0.25, 0.3) is 11.7 Å². The summed E-state index contributed by atoms with van der Waals surface area (Å²) in [5.74, 6) is 5.39. The van der Waals surface area contributed by atoms with E-state index in [4.69, 9.17) is 20.1 Å². The number of aromatic nitrogens is 2. The van der Waals surface area contributed by atoms with Gasteiger partial charge in [-0.2, -0.15) is 0 Å². The molecular weight excluding hydrogens is 474 g/mol. The number of nitrogens with two attached hydrogens (primary N) is 1. The van der Waals surface area contributed by atoms with Crippen molar-refractivity contribution in [1.82, 2.24) is 14.9 Å². The fraction of sp³-hybridized carbons (Fsp3) is 0.333. The molecule has 37 heavy (non-hydrogen) atoms. The Morgan fingerprint density at radius 3 is 2.30 bits per heavy atom. The summed E-state index contributed by atoms with van der Waals surface area (Å²) in [4.78, 5) is 35.1. The summed E-state index contributed by atoms with van der Waals surface area (Å²) in [5, 5.41) is 4.27. The van der Waals surface area contributed by atoms with Crippen molar-refractivity contribution in [3.8, 4) is 11.6 Å². The number of hydrazone groups is 1. The summed E-state index contributed by atoms with van der Waals surface area (Å²) in [6, 6.07) is 9.70. The quantitative estimate of drug-likeness (QED) is 0.130. The molecule has 0 radical (unpaired) electrons. The number of aromatic amines is 1. The van der Waals surface area contributed by atoms with Crippen LogP contribution in [0.1, 0.15) is 42.6 Å². The number of Topliss-reactive ketones (excluding diaryl/α,β-unsaturated/α-hetero) is 1. The van der Waals surface area contributed by atoms with E-state index in [1.165, 1.54) is 33.7 Å². The van der Waals surface area contributed by atoms with Crippen LogP contribution in [-0.4, -0.2) is 66.9 Å². The Hall–Kier alpha value is -4.34. The number of benzene rings is 1. The molecule has 1 aliphatic heterocycles. The minimum Gasteiger partial charge on any atom is -0.494 e. The second kappa shape index (κ2) is 12.6. The van der Waals surface area contributed by atoms with Gasteiger partial charge in [0.05, 0.1) is 38.5 Å². The van der Waals surface area contributed by atoms with Gasteiger partial charge in [0.15, 0.2) is 0 Å². The van der Waals surface area contributed by atoms with E-state index >= 15 is 0 Å². The third kappa shape index (κ3) is 5.42. The zero-order chi connectivity index (χ0) is 26.9. The molecule has 3 aromatic rings. The average molecular weight is 508 g/mol. The van der Waals surface area contributed by atoms with E-state index in [1.54, 1.807) is 4.90 Å². The zero-order valence-electron chi connectivity index (χ0n) is 21.8. The number of nitrogens with zero attached hydrogens (tertiary/aromatic N) is 3. The van der Waals surface area contributed by atoms with E-state index in [9.17, 15) is 9.59 Å². The smallest absolute Gasteiger partial charge is 0.295 e. The molecule has 1 aromatic carbocycles. The first-order valence-electron chi connectivity index (χ1n) is 12.0. The molecule has 0 atom stereocenters. The standard InChI is InChI=1S/C25H27N5O5.C2H6/c1-33-18-14-28-24(35-3)21-20(18)17(13-27-21)22(31)25(32)30-11-9-16(10-12-30)19(23(29-26)34-2)15-7-5-4-6-8-15;1-2/h4-8,13-14,27H,9-12,26H2,1-3H3;1-2H3/b29-23-;. The first-order valence-corrected chi connectivity index (χ1v) is 12.0. The molecule has 3 N–H and O–H groups in total. The monoisotopic (exact) mass is 507 g/mol. The molecule has 10 nitrogen and oxygen atoms in total. The first-order chi connectivity index (χ1) is 18.0. The molecule has 1 aliphatic rings. The number of hydrogen-bond acceptors (Lipinski definition) is 8. The van der Waals surface area contributed by atoms with Gasteiger partial charge >= 0.3 is 0 Å². The molecule has 2 aromatic heterocycles. The number of amides is 1. The van der Waals surface area contributed by atoms with Crippen molar-refractivity contribution < 1.29 is 23.8 Å². The summed E-state index contributed by atoms with van der Waals surface area (Å²) >= 11 is 0. The van der Waals surface area contributed by atoms with Crippen LogP contribution >= 0.6 is 0 Å². The molecule has 1 amide bonds. The number of carbonyl (C=O) groups is 2. The van der Waals surface area contributed by atoms with Crippen molar-refractivity contribution in [3.63, 3.8) is 0 Å². The number of rotatable bonds is 6. The highest BCUT2D eigenvalue weighted by atomic mass is 16.5. The molecule has 3 heterocycles. The predicted molar refractivity (Wildman–Crippen MR) is 143 cm³/mol. The van der Waals surface area contributed by atoms with Crippen molar-refractivity contribution in [2.75, 3.05) is 34.4 Å². The number of pyridine rings is 1. The lowest BCUT2D eigenvalue weighted by Gasteiger charge is -2.29. The molecule has 0 spiro atoms.